The molecule has 2 fully saturated rings. The molecule has 2 aliphatic rings. The van der Waals surface area contributed by atoms with Crippen molar-refractivity contribution in [2.75, 3.05) is 13.2 Å². The monoisotopic (exact) mass is 509 g/mol. The van der Waals surface area contributed by atoms with Gasteiger partial charge in [0.15, 0.2) is 0 Å². The smallest absolute Gasteiger partial charge is 0.255 e. The number of fused-ring (bicyclic) bond motifs is 1. The zero-order valence-electron chi connectivity index (χ0n) is 21.0. The Balaban J connectivity index is 1.38. The SMILES string of the molecule is Cc1[nH]c2c(-c3cc(F)ccc3OCC3CC3)ncnc2c1C(=O)NC1CC[C@@H](NC(=O)CO)C(C)C1. The maximum Gasteiger partial charge on any atom is 0.255 e. The third-order valence-corrected chi connectivity index (χ3v) is 7.36. The number of hydrogen-bond donors (Lipinski definition) is 4. The largest absolute Gasteiger partial charge is 0.493 e. The number of rotatable bonds is 8. The Hall–Kier alpha value is -3.53. The summed E-state index contributed by atoms with van der Waals surface area (Å²) in [6.45, 7) is 3.88. The average molecular weight is 510 g/mol. The van der Waals surface area contributed by atoms with Gasteiger partial charge >= 0.3 is 0 Å². The average Bonchev–Trinajstić information content (AvgIpc) is 3.64. The molecule has 37 heavy (non-hydrogen) atoms. The minimum absolute atomic E-state index is 0.0273. The van der Waals surface area contributed by atoms with E-state index in [-0.39, 0.29) is 29.8 Å². The van der Waals surface area contributed by atoms with Crippen LogP contribution in [-0.4, -0.2) is 57.2 Å². The van der Waals surface area contributed by atoms with E-state index in [0.29, 0.717) is 71.1 Å². The van der Waals surface area contributed by atoms with Gasteiger partial charge < -0.3 is 25.5 Å². The Morgan fingerprint density at radius 3 is 2.73 bits per heavy atom. The number of ether oxygens (including phenoxy) is 1. The third-order valence-electron chi connectivity index (χ3n) is 7.36. The molecule has 2 unspecified atom stereocenters. The van der Waals surface area contributed by atoms with Crippen molar-refractivity contribution in [2.24, 2.45) is 11.8 Å². The number of aryl methyl sites for hydroxylation is 1. The minimum Gasteiger partial charge on any atom is -0.493 e. The van der Waals surface area contributed by atoms with Crippen molar-refractivity contribution in [3.8, 4) is 17.0 Å². The number of aromatic nitrogens is 3. The van der Waals surface area contributed by atoms with Gasteiger partial charge in [-0.1, -0.05) is 6.92 Å². The molecule has 1 aromatic carbocycles. The summed E-state index contributed by atoms with van der Waals surface area (Å²) in [5, 5.41) is 15.0. The summed E-state index contributed by atoms with van der Waals surface area (Å²) in [5.74, 6) is 0.202. The topological polar surface area (TPSA) is 129 Å². The Morgan fingerprint density at radius 1 is 1.19 bits per heavy atom. The second-order valence-electron chi connectivity index (χ2n) is 10.3. The van der Waals surface area contributed by atoms with Gasteiger partial charge in [0.1, 0.15) is 35.7 Å². The van der Waals surface area contributed by atoms with Crippen LogP contribution in [0.3, 0.4) is 0 Å². The quantitative estimate of drug-likeness (QED) is 0.369. The lowest BCUT2D eigenvalue weighted by atomic mass is 9.82. The molecule has 2 saturated carbocycles. The van der Waals surface area contributed by atoms with Crippen LogP contribution in [0.1, 0.15) is 55.1 Å². The Kier molecular flexibility index (Phi) is 7.10. The fraction of sp³-hybridized carbons (Fsp3) is 0.481. The van der Waals surface area contributed by atoms with Crippen molar-refractivity contribution in [3.05, 3.63) is 41.6 Å². The minimum atomic E-state index is -0.531. The summed E-state index contributed by atoms with van der Waals surface area (Å²) >= 11 is 0. The predicted octanol–water partition coefficient (Wildman–Crippen LogP) is 3.26. The van der Waals surface area contributed by atoms with E-state index in [1.807, 2.05) is 6.92 Å². The summed E-state index contributed by atoms with van der Waals surface area (Å²) in [4.78, 5) is 37.0. The molecule has 2 amide bonds. The van der Waals surface area contributed by atoms with Crippen LogP contribution in [0, 0.1) is 24.6 Å². The zero-order valence-corrected chi connectivity index (χ0v) is 21.0. The van der Waals surface area contributed by atoms with Gasteiger partial charge in [0.25, 0.3) is 5.91 Å². The summed E-state index contributed by atoms with van der Waals surface area (Å²) in [6, 6.07) is 4.30. The number of halogens is 1. The number of H-pyrrole nitrogens is 1. The van der Waals surface area contributed by atoms with Crippen molar-refractivity contribution in [1.29, 1.82) is 0 Å². The molecule has 0 bridgehead atoms. The third kappa shape index (κ3) is 5.44. The molecule has 3 aromatic rings. The van der Waals surface area contributed by atoms with E-state index in [1.165, 1.54) is 18.5 Å². The highest BCUT2D eigenvalue weighted by atomic mass is 19.1. The molecule has 196 valence electrons. The van der Waals surface area contributed by atoms with E-state index in [9.17, 15) is 14.0 Å². The number of aliphatic hydroxyl groups is 1. The van der Waals surface area contributed by atoms with E-state index in [0.717, 1.165) is 12.8 Å². The maximum atomic E-state index is 14.3. The first kappa shape index (κ1) is 25.1. The van der Waals surface area contributed by atoms with Crippen LogP contribution in [-0.2, 0) is 4.79 Å². The van der Waals surface area contributed by atoms with Crippen molar-refractivity contribution in [1.82, 2.24) is 25.6 Å². The number of nitrogens with one attached hydrogen (secondary N) is 3. The number of benzene rings is 1. The first-order valence-electron chi connectivity index (χ1n) is 12.8. The van der Waals surface area contributed by atoms with Gasteiger partial charge in [-0.05, 0) is 69.1 Å². The van der Waals surface area contributed by atoms with E-state index in [4.69, 9.17) is 9.84 Å². The predicted molar refractivity (Wildman–Crippen MR) is 136 cm³/mol. The molecule has 0 spiro atoms. The molecule has 4 N–H and O–H groups in total. The van der Waals surface area contributed by atoms with Gasteiger partial charge in [0.05, 0.1) is 17.7 Å². The number of amides is 2. The zero-order chi connectivity index (χ0) is 26.1. The number of aliphatic hydroxyl groups excluding tert-OH is 1. The van der Waals surface area contributed by atoms with Crippen LogP contribution in [0.4, 0.5) is 4.39 Å². The van der Waals surface area contributed by atoms with Crippen LogP contribution < -0.4 is 15.4 Å². The number of aromatic amines is 1. The molecular weight excluding hydrogens is 477 g/mol. The molecular formula is C27H32FN5O4. The van der Waals surface area contributed by atoms with Gasteiger partial charge in [-0.15, -0.1) is 0 Å². The molecule has 2 aliphatic carbocycles. The summed E-state index contributed by atoms with van der Waals surface area (Å²) in [7, 11) is 0. The summed E-state index contributed by atoms with van der Waals surface area (Å²) in [6.07, 6.45) is 5.78. The number of nitrogens with zero attached hydrogens (tertiary/aromatic N) is 2. The molecule has 0 radical (unpaired) electrons. The van der Waals surface area contributed by atoms with E-state index >= 15 is 0 Å². The van der Waals surface area contributed by atoms with Gasteiger partial charge in [-0.3, -0.25) is 9.59 Å². The van der Waals surface area contributed by atoms with Crippen LogP contribution in [0.25, 0.3) is 22.3 Å². The van der Waals surface area contributed by atoms with E-state index in [1.54, 1.807) is 13.0 Å². The molecule has 0 aliphatic heterocycles. The fourth-order valence-corrected chi connectivity index (χ4v) is 5.16. The van der Waals surface area contributed by atoms with E-state index < -0.39 is 12.4 Å². The van der Waals surface area contributed by atoms with Crippen LogP contribution >= 0.6 is 0 Å². The molecule has 2 aromatic heterocycles. The number of carbonyl (C=O) groups excluding carboxylic acids is 2. The molecule has 9 nitrogen and oxygen atoms in total. The van der Waals surface area contributed by atoms with Crippen molar-refractivity contribution in [3.63, 3.8) is 0 Å². The Labute approximate surface area is 214 Å². The van der Waals surface area contributed by atoms with Crippen LogP contribution in [0.5, 0.6) is 5.75 Å². The molecule has 0 saturated heterocycles. The summed E-state index contributed by atoms with van der Waals surface area (Å²) < 4.78 is 20.3. The van der Waals surface area contributed by atoms with Gasteiger partial charge in [-0.25, -0.2) is 14.4 Å². The Bertz CT molecular complexity index is 1320. The molecule has 2 heterocycles. The van der Waals surface area contributed by atoms with Gasteiger partial charge in [0, 0.05) is 23.3 Å². The first-order chi connectivity index (χ1) is 17.8. The number of hydrogen-bond acceptors (Lipinski definition) is 6. The lowest BCUT2D eigenvalue weighted by Crippen LogP contribution is -2.48. The van der Waals surface area contributed by atoms with Crippen molar-refractivity contribution >= 4 is 22.8 Å². The Morgan fingerprint density at radius 2 is 2.00 bits per heavy atom. The lowest BCUT2D eigenvalue weighted by molar-refractivity contribution is -0.125. The summed E-state index contributed by atoms with van der Waals surface area (Å²) in [5.41, 5.74) is 3.08. The maximum absolute atomic E-state index is 14.3. The highest BCUT2D eigenvalue weighted by Gasteiger charge is 2.31. The van der Waals surface area contributed by atoms with Gasteiger partial charge in [-0.2, -0.15) is 0 Å². The highest BCUT2D eigenvalue weighted by molar-refractivity contribution is 6.09. The second-order valence-corrected chi connectivity index (χ2v) is 10.3. The molecule has 3 atom stereocenters. The van der Waals surface area contributed by atoms with E-state index in [2.05, 4.69) is 25.6 Å². The van der Waals surface area contributed by atoms with Crippen molar-refractivity contribution in [2.45, 2.75) is 58.0 Å². The standard InChI is InChI=1S/C27H32FN5O4/c1-14-9-18(6-7-20(14)33-22(35)11-34)32-27(36)23-15(2)31-26-24(29-13-30-25(23)26)19-10-17(28)5-8-21(19)37-12-16-3-4-16/h5,8,10,13-14,16,18,20,31,34H,3-4,6-7,9,11-12H2,1-2H3,(H,32,36)(H,33,35)/t14?,18?,20-/m1/s1. The van der Waals surface area contributed by atoms with Gasteiger partial charge in [0.2, 0.25) is 5.91 Å². The second kappa shape index (κ2) is 10.5. The fourth-order valence-electron chi connectivity index (χ4n) is 5.16. The molecule has 5 rings (SSSR count). The van der Waals surface area contributed by atoms with Crippen LogP contribution in [0.15, 0.2) is 24.5 Å². The number of carbonyl (C=O) groups is 2. The highest BCUT2D eigenvalue weighted by Crippen LogP contribution is 2.37. The lowest BCUT2D eigenvalue weighted by Gasteiger charge is -2.34. The first-order valence-corrected chi connectivity index (χ1v) is 12.8. The van der Waals surface area contributed by atoms with Crippen LogP contribution in [0.2, 0.25) is 0 Å². The normalized spacial score (nSPS) is 21.6. The van der Waals surface area contributed by atoms with Crippen molar-refractivity contribution < 1.29 is 23.8 Å². The molecule has 10 heteroatoms.